The third-order valence-corrected chi connectivity index (χ3v) is 3.36. The average molecular weight is 193 g/mol. The average Bonchev–Trinajstić information content (AvgIpc) is 2.69. The van der Waals surface area contributed by atoms with E-state index in [4.69, 9.17) is 4.74 Å². The molecule has 2 aliphatic heterocycles. The van der Waals surface area contributed by atoms with Gasteiger partial charge in [-0.25, -0.2) is 4.98 Å². The first-order valence-corrected chi connectivity index (χ1v) is 5.26. The Hall–Kier alpha value is -0.870. The van der Waals surface area contributed by atoms with Crippen molar-refractivity contribution in [2.75, 3.05) is 19.8 Å². The first-order chi connectivity index (χ1) is 6.91. The maximum Gasteiger partial charge on any atom is 0.0926 e. The highest BCUT2D eigenvalue weighted by molar-refractivity contribution is 5.25. The Morgan fingerprint density at radius 1 is 1.36 bits per heavy atom. The van der Waals surface area contributed by atoms with E-state index < -0.39 is 0 Å². The van der Waals surface area contributed by atoms with Crippen LogP contribution in [0, 0.1) is 0 Å². The van der Waals surface area contributed by atoms with Gasteiger partial charge in [0.1, 0.15) is 0 Å². The number of nitrogens with one attached hydrogen (secondary N) is 2. The van der Waals surface area contributed by atoms with Crippen molar-refractivity contribution in [1.29, 1.82) is 0 Å². The lowest BCUT2D eigenvalue weighted by Gasteiger charge is -2.40. The quantitative estimate of drug-likeness (QED) is 0.633. The van der Waals surface area contributed by atoms with Crippen LogP contribution in [0.15, 0.2) is 6.33 Å². The van der Waals surface area contributed by atoms with Gasteiger partial charge in [-0.15, -0.1) is 0 Å². The van der Waals surface area contributed by atoms with Gasteiger partial charge in [0.15, 0.2) is 0 Å². The van der Waals surface area contributed by atoms with E-state index in [-0.39, 0.29) is 5.54 Å². The van der Waals surface area contributed by atoms with Crippen molar-refractivity contribution in [3.63, 3.8) is 0 Å². The number of fused-ring (bicyclic) bond motifs is 2. The van der Waals surface area contributed by atoms with Crippen LogP contribution < -0.4 is 5.32 Å². The molecule has 4 heteroatoms. The first-order valence-electron chi connectivity index (χ1n) is 5.26. The summed E-state index contributed by atoms with van der Waals surface area (Å²) in [7, 11) is 0. The second-order valence-electron chi connectivity index (χ2n) is 4.10. The Morgan fingerprint density at radius 3 is 3.07 bits per heavy atom. The predicted molar refractivity (Wildman–Crippen MR) is 52.0 cm³/mol. The number of imidazole rings is 1. The molecule has 0 aliphatic carbocycles. The summed E-state index contributed by atoms with van der Waals surface area (Å²) >= 11 is 0. The Bertz CT molecular complexity index is 328. The fourth-order valence-corrected chi connectivity index (χ4v) is 2.57. The molecule has 0 saturated carbocycles. The minimum atomic E-state index is 0.103. The third kappa shape index (κ3) is 1.11. The highest BCUT2D eigenvalue weighted by atomic mass is 16.5. The van der Waals surface area contributed by atoms with Crippen LogP contribution in [0.3, 0.4) is 0 Å². The van der Waals surface area contributed by atoms with Crippen molar-refractivity contribution in [3.05, 3.63) is 17.7 Å². The molecule has 0 radical (unpaired) electrons. The molecule has 0 amide bonds. The maximum absolute atomic E-state index is 5.41. The van der Waals surface area contributed by atoms with Gasteiger partial charge in [0.25, 0.3) is 0 Å². The van der Waals surface area contributed by atoms with Gasteiger partial charge in [-0.1, -0.05) is 0 Å². The van der Waals surface area contributed by atoms with E-state index in [0.717, 1.165) is 39.0 Å². The van der Waals surface area contributed by atoms with Gasteiger partial charge in [0, 0.05) is 31.9 Å². The predicted octanol–water partition coefficient (Wildman–Crippen LogP) is 0.561. The van der Waals surface area contributed by atoms with E-state index in [1.807, 2.05) is 6.33 Å². The SMILES string of the molecule is c1nc2c([nH]1)CCNC21CCOCC1. The second-order valence-corrected chi connectivity index (χ2v) is 4.10. The molecular weight excluding hydrogens is 178 g/mol. The largest absolute Gasteiger partial charge is 0.381 e. The zero-order chi connectivity index (χ0) is 9.43. The van der Waals surface area contributed by atoms with E-state index in [1.165, 1.54) is 11.4 Å². The van der Waals surface area contributed by atoms with E-state index in [9.17, 15) is 0 Å². The Balaban J connectivity index is 2.01. The van der Waals surface area contributed by atoms with Gasteiger partial charge in [-0.3, -0.25) is 0 Å². The van der Waals surface area contributed by atoms with Gasteiger partial charge in [-0.2, -0.15) is 0 Å². The van der Waals surface area contributed by atoms with Gasteiger partial charge >= 0.3 is 0 Å². The maximum atomic E-state index is 5.41. The number of H-pyrrole nitrogens is 1. The van der Waals surface area contributed by atoms with E-state index in [0.29, 0.717) is 0 Å². The lowest BCUT2D eigenvalue weighted by Crippen LogP contribution is -2.50. The highest BCUT2D eigenvalue weighted by Crippen LogP contribution is 2.34. The molecule has 2 aliphatic rings. The summed E-state index contributed by atoms with van der Waals surface area (Å²) < 4.78 is 5.41. The molecule has 0 bridgehead atoms. The minimum Gasteiger partial charge on any atom is -0.381 e. The molecule has 1 aromatic rings. The van der Waals surface area contributed by atoms with Crippen LogP contribution in [0.1, 0.15) is 24.2 Å². The molecule has 0 aromatic carbocycles. The van der Waals surface area contributed by atoms with Crippen molar-refractivity contribution in [1.82, 2.24) is 15.3 Å². The van der Waals surface area contributed by atoms with Crippen molar-refractivity contribution in [2.45, 2.75) is 24.8 Å². The Labute approximate surface area is 83.1 Å². The molecule has 1 fully saturated rings. The van der Waals surface area contributed by atoms with Crippen LogP contribution in [0.4, 0.5) is 0 Å². The van der Waals surface area contributed by atoms with Gasteiger partial charge < -0.3 is 15.0 Å². The molecule has 0 unspecified atom stereocenters. The normalized spacial score (nSPS) is 24.9. The molecule has 1 saturated heterocycles. The second kappa shape index (κ2) is 3.07. The lowest BCUT2D eigenvalue weighted by molar-refractivity contribution is 0.0324. The Morgan fingerprint density at radius 2 is 2.21 bits per heavy atom. The molecule has 3 rings (SSSR count). The molecule has 0 atom stereocenters. The monoisotopic (exact) mass is 193 g/mol. The number of hydrogen-bond acceptors (Lipinski definition) is 3. The van der Waals surface area contributed by atoms with Gasteiger partial charge in [-0.05, 0) is 12.8 Å². The third-order valence-electron chi connectivity index (χ3n) is 3.36. The van der Waals surface area contributed by atoms with Crippen molar-refractivity contribution in [2.24, 2.45) is 0 Å². The Kier molecular flexibility index (Phi) is 1.85. The first kappa shape index (κ1) is 8.44. The molecule has 3 heterocycles. The molecule has 1 aromatic heterocycles. The van der Waals surface area contributed by atoms with Crippen LogP contribution in [-0.2, 0) is 16.7 Å². The summed E-state index contributed by atoms with van der Waals surface area (Å²) in [4.78, 5) is 7.70. The number of aromatic nitrogens is 2. The molecule has 1 spiro atoms. The number of hydrogen-bond donors (Lipinski definition) is 2. The summed E-state index contributed by atoms with van der Waals surface area (Å²) in [5.74, 6) is 0. The summed E-state index contributed by atoms with van der Waals surface area (Å²) in [6, 6.07) is 0. The van der Waals surface area contributed by atoms with E-state index >= 15 is 0 Å². The van der Waals surface area contributed by atoms with Crippen LogP contribution in [-0.4, -0.2) is 29.7 Å². The molecule has 14 heavy (non-hydrogen) atoms. The zero-order valence-electron chi connectivity index (χ0n) is 8.18. The number of aromatic amines is 1. The molecule has 76 valence electrons. The van der Waals surface area contributed by atoms with Crippen LogP contribution in [0.5, 0.6) is 0 Å². The number of nitrogens with zero attached hydrogens (tertiary/aromatic N) is 1. The molecular formula is C10H15N3O. The number of rotatable bonds is 0. The zero-order valence-corrected chi connectivity index (χ0v) is 8.18. The van der Waals surface area contributed by atoms with Crippen molar-refractivity contribution >= 4 is 0 Å². The summed E-state index contributed by atoms with van der Waals surface area (Å²) in [6.07, 6.45) is 4.97. The van der Waals surface area contributed by atoms with Gasteiger partial charge in [0.05, 0.1) is 17.6 Å². The standard InChI is InChI=1S/C10H15N3O/c1-4-13-10(2-5-14-6-3-10)9-8(1)11-7-12-9/h7,13H,1-6H2,(H,11,12). The smallest absolute Gasteiger partial charge is 0.0926 e. The van der Waals surface area contributed by atoms with Gasteiger partial charge in [0.2, 0.25) is 0 Å². The summed E-state index contributed by atoms with van der Waals surface area (Å²) in [5, 5.41) is 3.61. The highest BCUT2D eigenvalue weighted by Gasteiger charge is 2.39. The minimum absolute atomic E-state index is 0.103. The fourth-order valence-electron chi connectivity index (χ4n) is 2.57. The molecule has 2 N–H and O–H groups in total. The van der Waals surface area contributed by atoms with Crippen LogP contribution in [0.25, 0.3) is 0 Å². The fraction of sp³-hybridized carbons (Fsp3) is 0.700. The summed E-state index contributed by atoms with van der Waals surface area (Å²) in [6.45, 7) is 2.74. The summed E-state index contributed by atoms with van der Waals surface area (Å²) in [5.41, 5.74) is 2.64. The number of ether oxygens (including phenoxy) is 1. The van der Waals surface area contributed by atoms with Crippen LogP contribution in [0.2, 0.25) is 0 Å². The lowest BCUT2D eigenvalue weighted by atomic mass is 9.82. The van der Waals surface area contributed by atoms with Crippen molar-refractivity contribution in [3.8, 4) is 0 Å². The van der Waals surface area contributed by atoms with Crippen LogP contribution >= 0.6 is 0 Å². The molecule has 4 nitrogen and oxygen atoms in total. The van der Waals surface area contributed by atoms with E-state index in [1.54, 1.807) is 0 Å². The van der Waals surface area contributed by atoms with E-state index in [2.05, 4.69) is 15.3 Å². The topological polar surface area (TPSA) is 49.9 Å². The van der Waals surface area contributed by atoms with Crippen molar-refractivity contribution < 1.29 is 4.74 Å².